The Kier molecular flexibility index (Phi) is 7.44. The molecular weight excluding hydrogens is 248 g/mol. The normalized spacial score (nSPS) is 11.2. The van der Waals surface area contributed by atoms with E-state index in [1.54, 1.807) is 9.80 Å². The summed E-state index contributed by atoms with van der Waals surface area (Å²) in [5.74, 6) is -0.925. The highest BCUT2D eigenvalue weighted by Gasteiger charge is 2.29. The van der Waals surface area contributed by atoms with Gasteiger partial charge in [-0.2, -0.15) is 0 Å². The lowest BCUT2D eigenvalue weighted by atomic mass is 10.1. The van der Waals surface area contributed by atoms with E-state index in [2.05, 4.69) is 0 Å². The Morgan fingerprint density at radius 2 is 1.68 bits per heavy atom. The molecule has 0 aromatic rings. The first-order chi connectivity index (χ1) is 8.73. The fraction of sp³-hybridized carbons (Fsp3) is 0.846. The monoisotopic (exact) mass is 274 g/mol. The summed E-state index contributed by atoms with van der Waals surface area (Å²) >= 11 is 0. The maximum absolute atomic E-state index is 12.4. The maximum atomic E-state index is 12.4. The Morgan fingerprint density at radius 3 is 2.05 bits per heavy atom. The van der Waals surface area contributed by atoms with Crippen LogP contribution in [-0.2, 0) is 4.79 Å². The highest BCUT2D eigenvalue weighted by molar-refractivity contribution is 5.76. The van der Waals surface area contributed by atoms with Crippen LogP contribution in [0.3, 0.4) is 0 Å². The zero-order chi connectivity index (χ0) is 15.1. The first-order valence-electron chi connectivity index (χ1n) is 6.63. The number of rotatable bonds is 7. The van der Waals surface area contributed by atoms with Crippen LogP contribution in [0.4, 0.5) is 4.79 Å². The van der Waals surface area contributed by atoms with Crippen molar-refractivity contribution >= 4 is 12.0 Å². The van der Waals surface area contributed by atoms with Crippen molar-refractivity contribution in [3.63, 3.8) is 0 Å². The molecule has 0 fully saturated rings. The quantitative estimate of drug-likeness (QED) is 0.735. The molecule has 0 aromatic carbocycles. The van der Waals surface area contributed by atoms with Gasteiger partial charge in [0.2, 0.25) is 0 Å². The fourth-order valence-corrected chi connectivity index (χ4v) is 1.79. The SMILES string of the molecule is CCCN(CCO)C(=O)N(CCC(=O)O)C(C)(C)C. The van der Waals surface area contributed by atoms with Crippen molar-refractivity contribution in [2.45, 2.75) is 46.1 Å². The van der Waals surface area contributed by atoms with Crippen molar-refractivity contribution in [1.29, 1.82) is 0 Å². The van der Waals surface area contributed by atoms with Gasteiger partial charge in [0.05, 0.1) is 13.0 Å². The lowest BCUT2D eigenvalue weighted by Crippen LogP contribution is -2.53. The summed E-state index contributed by atoms with van der Waals surface area (Å²) < 4.78 is 0. The van der Waals surface area contributed by atoms with E-state index in [0.717, 1.165) is 6.42 Å². The minimum Gasteiger partial charge on any atom is -0.481 e. The van der Waals surface area contributed by atoms with Crippen LogP contribution >= 0.6 is 0 Å². The van der Waals surface area contributed by atoms with Crippen molar-refractivity contribution in [1.82, 2.24) is 9.80 Å². The number of carboxylic acid groups (broad SMARTS) is 1. The van der Waals surface area contributed by atoms with Gasteiger partial charge >= 0.3 is 12.0 Å². The Morgan fingerprint density at radius 1 is 1.11 bits per heavy atom. The van der Waals surface area contributed by atoms with E-state index in [-0.39, 0.29) is 32.1 Å². The number of carbonyl (C=O) groups is 2. The summed E-state index contributed by atoms with van der Waals surface area (Å²) in [5, 5.41) is 17.8. The smallest absolute Gasteiger partial charge is 0.320 e. The second-order valence-electron chi connectivity index (χ2n) is 5.46. The number of hydrogen-bond acceptors (Lipinski definition) is 3. The van der Waals surface area contributed by atoms with Crippen LogP contribution in [0.15, 0.2) is 0 Å². The Hall–Kier alpha value is -1.30. The van der Waals surface area contributed by atoms with Gasteiger partial charge in [-0.05, 0) is 27.2 Å². The Labute approximate surface area is 115 Å². The number of aliphatic hydroxyl groups excluding tert-OH is 1. The van der Waals surface area contributed by atoms with Crippen LogP contribution < -0.4 is 0 Å². The average Bonchev–Trinajstić information content (AvgIpc) is 2.26. The number of nitrogens with zero attached hydrogens (tertiary/aromatic N) is 2. The molecule has 112 valence electrons. The van der Waals surface area contributed by atoms with Crippen LogP contribution in [0.1, 0.15) is 40.5 Å². The van der Waals surface area contributed by atoms with Crippen molar-refractivity contribution < 1.29 is 19.8 Å². The van der Waals surface area contributed by atoms with E-state index < -0.39 is 11.5 Å². The van der Waals surface area contributed by atoms with E-state index >= 15 is 0 Å². The molecule has 0 atom stereocenters. The minimum absolute atomic E-state index is 0.0813. The summed E-state index contributed by atoms with van der Waals surface area (Å²) in [6, 6.07) is -0.218. The minimum atomic E-state index is -0.925. The summed E-state index contributed by atoms with van der Waals surface area (Å²) in [5.41, 5.74) is -0.450. The number of hydrogen-bond donors (Lipinski definition) is 2. The van der Waals surface area contributed by atoms with Crippen LogP contribution in [0.2, 0.25) is 0 Å². The molecule has 2 N–H and O–H groups in total. The zero-order valence-electron chi connectivity index (χ0n) is 12.3. The molecule has 0 unspecified atom stereocenters. The van der Waals surface area contributed by atoms with Gasteiger partial charge in [-0.15, -0.1) is 0 Å². The van der Waals surface area contributed by atoms with Crippen molar-refractivity contribution in [3.05, 3.63) is 0 Å². The van der Waals surface area contributed by atoms with Gasteiger partial charge < -0.3 is 20.0 Å². The van der Waals surface area contributed by atoms with E-state index in [9.17, 15) is 9.59 Å². The molecule has 0 rings (SSSR count). The number of carbonyl (C=O) groups excluding carboxylic acids is 1. The van der Waals surface area contributed by atoms with Gasteiger partial charge in [-0.3, -0.25) is 4.79 Å². The van der Waals surface area contributed by atoms with E-state index in [4.69, 9.17) is 10.2 Å². The molecule has 0 bridgehead atoms. The zero-order valence-corrected chi connectivity index (χ0v) is 12.3. The summed E-state index contributed by atoms with van der Waals surface area (Å²) in [7, 11) is 0. The van der Waals surface area contributed by atoms with E-state index in [1.165, 1.54) is 0 Å². The molecule has 0 saturated carbocycles. The van der Waals surface area contributed by atoms with Crippen molar-refractivity contribution in [3.8, 4) is 0 Å². The average molecular weight is 274 g/mol. The van der Waals surface area contributed by atoms with E-state index in [0.29, 0.717) is 6.54 Å². The second kappa shape index (κ2) is 7.99. The molecule has 6 nitrogen and oxygen atoms in total. The molecule has 0 radical (unpaired) electrons. The highest BCUT2D eigenvalue weighted by atomic mass is 16.4. The van der Waals surface area contributed by atoms with Gasteiger partial charge in [0.25, 0.3) is 0 Å². The number of carboxylic acids is 1. The number of amides is 2. The van der Waals surface area contributed by atoms with Crippen LogP contribution in [-0.4, -0.2) is 63.8 Å². The Balaban J connectivity index is 4.90. The van der Waals surface area contributed by atoms with Gasteiger partial charge in [-0.1, -0.05) is 6.92 Å². The second-order valence-corrected chi connectivity index (χ2v) is 5.46. The number of aliphatic carboxylic acids is 1. The molecule has 2 amide bonds. The van der Waals surface area contributed by atoms with E-state index in [1.807, 2.05) is 27.7 Å². The molecule has 0 aliphatic rings. The van der Waals surface area contributed by atoms with Crippen LogP contribution in [0.5, 0.6) is 0 Å². The standard InChI is InChI=1S/C13H26N2O4/c1-5-7-14(9-10-16)12(19)15(13(2,3)4)8-6-11(17)18/h16H,5-10H2,1-4H3,(H,17,18). The molecule has 0 aliphatic carbocycles. The van der Waals surface area contributed by atoms with Crippen molar-refractivity contribution in [2.75, 3.05) is 26.2 Å². The first kappa shape index (κ1) is 17.7. The number of aliphatic hydroxyl groups is 1. The summed E-state index contributed by atoms with van der Waals surface area (Å²) in [6.45, 7) is 8.47. The van der Waals surface area contributed by atoms with Crippen molar-refractivity contribution in [2.24, 2.45) is 0 Å². The number of urea groups is 1. The predicted molar refractivity (Wildman–Crippen MR) is 73.1 cm³/mol. The first-order valence-corrected chi connectivity index (χ1v) is 6.63. The third-order valence-electron chi connectivity index (χ3n) is 2.72. The third-order valence-corrected chi connectivity index (χ3v) is 2.72. The molecular formula is C13H26N2O4. The fourth-order valence-electron chi connectivity index (χ4n) is 1.79. The maximum Gasteiger partial charge on any atom is 0.320 e. The molecule has 0 saturated heterocycles. The van der Waals surface area contributed by atoms with Gasteiger partial charge in [0.1, 0.15) is 0 Å². The lowest BCUT2D eigenvalue weighted by molar-refractivity contribution is -0.137. The predicted octanol–water partition coefficient (Wildman–Crippen LogP) is 1.39. The largest absolute Gasteiger partial charge is 0.481 e. The molecule has 0 aromatic heterocycles. The molecule has 6 heteroatoms. The lowest BCUT2D eigenvalue weighted by Gasteiger charge is -2.39. The molecule has 0 spiro atoms. The summed E-state index contributed by atoms with van der Waals surface area (Å²) in [4.78, 5) is 26.2. The highest BCUT2D eigenvalue weighted by Crippen LogP contribution is 2.16. The van der Waals surface area contributed by atoms with Gasteiger partial charge in [0.15, 0.2) is 0 Å². The molecule has 0 aliphatic heterocycles. The molecule has 0 heterocycles. The molecule has 19 heavy (non-hydrogen) atoms. The van der Waals surface area contributed by atoms with Gasteiger partial charge in [-0.25, -0.2) is 4.79 Å². The van der Waals surface area contributed by atoms with Crippen LogP contribution in [0.25, 0.3) is 0 Å². The topological polar surface area (TPSA) is 81.1 Å². The third kappa shape index (κ3) is 6.42. The van der Waals surface area contributed by atoms with Crippen LogP contribution in [0, 0.1) is 0 Å². The van der Waals surface area contributed by atoms with Gasteiger partial charge in [0, 0.05) is 25.2 Å². The Bertz CT molecular complexity index is 294. The summed E-state index contributed by atoms with van der Waals surface area (Å²) in [6.07, 6.45) is 0.713.